The third-order valence-electron chi connectivity index (χ3n) is 4.77. The van der Waals surface area contributed by atoms with Crippen LogP contribution in [-0.2, 0) is 7.05 Å². The van der Waals surface area contributed by atoms with E-state index in [1.54, 1.807) is 29.7 Å². The van der Waals surface area contributed by atoms with E-state index in [2.05, 4.69) is 5.32 Å². The molecule has 2 aromatic carbocycles. The van der Waals surface area contributed by atoms with E-state index in [1.807, 2.05) is 55.8 Å². The number of nitrogens with zero attached hydrogens (tertiary/aromatic N) is 1. The molecule has 2 amide bonds. The fraction of sp³-hybridized carbons (Fsp3) is 0.238. The van der Waals surface area contributed by atoms with E-state index in [-0.39, 0.29) is 17.9 Å². The summed E-state index contributed by atoms with van der Waals surface area (Å²) in [5, 5.41) is 12.8. The molecule has 0 fully saturated rings. The largest absolute Gasteiger partial charge is 0.344 e. The number of carbonyl (C=O) groups excluding carboxylic acids is 2. The number of nitrogens with one attached hydrogen (secondary N) is 2. The van der Waals surface area contributed by atoms with Crippen LogP contribution in [0.2, 0.25) is 0 Å². The van der Waals surface area contributed by atoms with Gasteiger partial charge in [-0.25, -0.2) is 5.48 Å². The quantitative estimate of drug-likeness (QED) is 0.478. The molecule has 0 unspecified atom stereocenters. The summed E-state index contributed by atoms with van der Waals surface area (Å²) in [7, 11) is 1.88. The summed E-state index contributed by atoms with van der Waals surface area (Å²) in [4.78, 5) is 24.4. The molecule has 0 bridgehead atoms. The lowest BCUT2D eigenvalue weighted by molar-refractivity contribution is 0.0706. The molecular weight excluding hydrogens is 342 g/mol. The first-order valence-corrected chi connectivity index (χ1v) is 8.82. The number of carbonyl (C=O) groups is 2. The minimum absolute atomic E-state index is 0.149. The average Bonchev–Trinajstić information content (AvgIpc) is 3.02. The highest BCUT2D eigenvalue weighted by atomic mass is 16.5. The van der Waals surface area contributed by atoms with Crippen molar-refractivity contribution in [1.82, 2.24) is 15.4 Å². The SMILES string of the molecule is CC(C)[C@@H](NC(=O)c1cc2ccccc2n1C)c1ccc(C(=O)NO)cc1. The maximum atomic E-state index is 12.9. The van der Waals surface area contributed by atoms with Crippen LogP contribution in [0.1, 0.15) is 46.3 Å². The first-order valence-electron chi connectivity index (χ1n) is 8.82. The zero-order valence-electron chi connectivity index (χ0n) is 15.6. The summed E-state index contributed by atoms with van der Waals surface area (Å²) < 4.78 is 1.89. The Morgan fingerprint density at radius 3 is 2.26 bits per heavy atom. The van der Waals surface area contributed by atoms with Gasteiger partial charge in [0.2, 0.25) is 0 Å². The molecule has 3 aromatic rings. The molecule has 6 nitrogen and oxygen atoms in total. The van der Waals surface area contributed by atoms with Crippen LogP contribution in [0.3, 0.4) is 0 Å². The highest BCUT2D eigenvalue weighted by Gasteiger charge is 2.21. The summed E-state index contributed by atoms with van der Waals surface area (Å²) in [6, 6.07) is 16.4. The van der Waals surface area contributed by atoms with Crippen molar-refractivity contribution in [1.29, 1.82) is 0 Å². The van der Waals surface area contributed by atoms with Crippen molar-refractivity contribution in [3.05, 3.63) is 71.4 Å². The maximum Gasteiger partial charge on any atom is 0.274 e. The molecule has 3 N–H and O–H groups in total. The van der Waals surface area contributed by atoms with E-state index in [0.29, 0.717) is 11.3 Å². The Bertz CT molecular complexity index is 974. The lowest BCUT2D eigenvalue weighted by atomic mass is 9.95. The number of fused-ring (bicyclic) bond motifs is 1. The molecule has 0 spiro atoms. The van der Waals surface area contributed by atoms with E-state index >= 15 is 0 Å². The number of para-hydroxylation sites is 1. The molecule has 0 aliphatic heterocycles. The van der Waals surface area contributed by atoms with E-state index in [9.17, 15) is 9.59 Å². The minimum atomic E-state index is -0.567. The van der Waals surface area contributed by atoms with Crippen LogP contribution in [0.25, 0.3) is 10.9 Å². The van der Waals surface area contributed by atoms with Gasteiger partial charge in [0, 0.05) is 23.5 Å². The van der Waals surface area contributed by atoms with Crippen molar-refractivity contribution in [3.63, 3.8) is 0 Å². The maximum absolute atomic E-state index is 12.9. The molecule has 6 heteroatoms. The predicted octanol–water partition coefficient (Wildman–Crippen LogP) is 3.42. The Labute approximate surface area is 157 Å². The average molecular weight is 365 g/mol. The lowest BCUT2D eigenvalue weighted by Crippen LogP contribution is -2.32. The van der Waals surface area contributed by atoms with Crippen LogP contribution in [0.4, 0.5) is 0 Å². The molecule has 140 valence electrons. The first-order chi connectivity index (χ1) is 12.9. The number of hydroxylamine groups is 1. The Kier molecular flexibility index (Phi) is 5.28. The van der Waals surface area contributed by atoms with Gasteiger partial charge in [0.25, 0.3) is 11.8 Å². The summed E-state index contributed by atoms with van der Waals surface area (Å²) >= 11 is 0. The number of hydrogen-bond acceptors (Lipinski definition) is 3. The van der Waals surface area contributed by atoms with Gasteiger partial charge in [-0.05, 0) is 35.7 Å². The monoisotopic (exact) mass is 365 g/mol. The van der Waals surface area contributed by atoms with Gasteiger partial charge >= 0.3 is 0 Å². The second-order valence-electron chi connectivity index (χ2n) is 6.91. The summed E-state index contributed by atoms with van der Waals surface area (Å²) in [5.74, 6) is -0.562. The first kappa shape index (κ1) is 18.7. The van der Waals surface area contributed by atoms with E-state index in [0.717, 1.165) is 16.5 Å². The van der Waals surface area contributed by atoms with Gasteiger partial charge in [0.1, 0.15) is 5.69 Å². The van der Waals surface area contributed by atoms with Crippen molar-refractivity contribution in [3.8, 4) is 0 Å². The van der Waals surface area contributed by atoms with Crippen molar-refractivity contribution in [2.75, 3.05) is 0 Å². The molecular formula is C21H23N3O3. The van der Waals surface area contributed by atoms with Crippen molar-refractivity contribution < 1.29 is 14.8 Å². The number of aryl methyl sites for hydroxylation is 1. The van der Waals surface area contributed by atoms with E-state index in [1.165, 1.54) is 0 Å². The summed E-state index contributed by atoms with van der Waals surface area (Å²) in [6.45, 7) is 4.06. The fourth-order valence-corrected chi connectivity index (χ4v) is 3.26. The Morgan fingerprint density at radius 2 is 1.67 bits per heavy atom. The number of rotatable bonds is 5. The van der Waals surface area contributed by atoms with E-state index < -0.39 is 5.91 Å². The highest BCUT2D eigenvalue weighted by molar-refractivity contribution is 5.99. The number of hydrogen-bond donors (Lipinski definition) is 3. The molecule has 1 aromatic heterocycles. The number of benzene rings is 2. The van der Waals surface area contributed by atoms with Crippen LogP contribution in [-0.4, -0.2) is 21.6 Å². The summed E-state index contributed by atoms with van der Waals surface area (Å²) in [6.07, 6.45) is 0. The number of amides is 2. The topological polar surface area (TPSA) is 83.4 Å². The Hall–Kier alpha value is -3.12. The molecule has 0 aliphatic carbocycles. The number of aromatic nitrogens is 1. The van der Waals surface area contributed by atoms with Crippen LogP contribution in [0, 0.1) is 5.92 Å². The van der Waals surface area contributed by atoms with Gasteiger partial charge in [-0.2, -0.15) is 0 Å². The molecule has 0 saturated heterocycles. The van der Waals surface area contributed by atoms with Gasteiger partial charge in [0.15, 0.2) is 0 Å². The zero-order chi connectivity index (χ0) is 19.6. The van der Waals surface area contributed by atoms with Gasteiger partial charge in [-0.15, -0.1) is 0 Å². The third-order valence-corrected chi connectivity index (χ3v) is 4.77. The normalized spacial score (nSPS) is 12.2. The fourth-order valence-electron chi connectivity index (χ4n) is 3.26. The van der Waals surface area contributed by atoms with Gasteiger partial charge < -0.3 is 9.88 Å². The highest BCUT2D eigenvalue weighted by Crippen LogP contribution is 2.24. The van der Waals surface area contributed by atoms with Crippen molar-refractivity contribution >= 4 is 22.7 Å². The Balaban J connectivity index is 1.86. The molecule has 3 rings (SSSR count). The second-order valence-corrected chi connectivity index (χ2v) is 6.91. The van der Waals surface area contributed by atoms with Gasteiger partial charge in [-0.3, -0.25) is 14.8 Å². The van der Waals surface area contributed by atoms with Gasteiger partial charge in [0.05, 0.1) is 6.04 Å². The molecule has 27 heavy (non-hydrogen) atoms. The zero-order valence-corrected chi connectivity index (χ0v) is 15.6. The van der Waals surface area contributed by atoms with Crippen molar-refractivity contribution in [2.45, 2.75) is 19.9 Å². The smallest absolute Gasteiger partial charge is 0.274 e. The van der Waals surface area contributed by atoms with Crippen LogP contribution < -0.4 is 10.8 Å². The standard InChI is InChI=1S/C21H23N3O3/c1-13(2)19(14-8-10-15(11-9-14)20(25)23-27)22-21(26)18-12-16-6-4-5-7-17(16)24(18)3/h4-13,19,27H,1-3H3,(H,22,26)(H,23,25)/t19-/m1/s1. The third kappa shape index (κ3) is 3.71. The molecule has 1 atom stereocenters. The van der Waals surface area contributed by atoms with E-state index in [4.69, 9.17) is 5.21 Å². The summed E-state index contributed by atoms with van der Waals surface area (Å²) in [5.41, 5.74) is 4.46. The Morgan fingerprint density at radius 1 is 1.00 bits per heavy atom. The molecule has 0 saturated carbocycles. The minimum Gasteiger partial charge on any atom is -0.344 e. The molecule has 0 aliphatic rings. The molecule has 1 heterocycles. The molecule has 0 radical (unpaired) electrons. The second kappa shape index (κ2) is 7.63. The predicted molar refractivity (Wildman–Crippen MR) is 104 cm³/mol. The van der Waals surface area contributed by atoms with Crippen LogP contribution in [0.15, 0.2) is 54.6 Å². The van der Waals surface area contributed by atoms with Crippen LogP contribution >= 0.6 is 0 Å². The van der Waals surface area contributed by atoms with Crippen LogP contribution in [0.5, 0.6) is 0 Å². The lowest BCUT2D eigenvalue weighted by Gasteiger charge is -2.23. The van der Waals surface area contributed by atoms with Crippen molar-refractivity contribution in [2.24, 2.45) is 13.0 Å². The van der Waals surface area contributed by atoms with Gasteiger partial charge in [-0.1, -0.05) is 44.2 Å².